The first-order valence-electron chi connectivity index (χ1n) is 9.74. The fraction of sp³-hybridized carbons (Fsp3) is 0.381. The Bertz CT molecular complexity index is 841. The van der Waals surface area contributed by atoms with E-state index in [2.05, 4.69) is 11.6 Å². The number of carbonyl (C=O) groups is 1. The van der Waals surface area contributed by atoms with E-state index in [0.717, 1.165) is 12.8 Å². The summed E-state index contributed by atoms with van der Waals surface area (Å²) in [6.45, 7) is 3.57. The van der Waals surface area contributed by atoms with Gasteiger partial charge in [-0.1, -0.05) is 48.3 Å². The minimum atomic E-state index is -1.73. The molecule has 30 heavy (non-hydrogen) atoms. The summed E-state index contributed by atoms with van der Waals surface area (Å²) < 4.78 is 21.6. The Morgan fingerprint density at radius 2 is 1.87 bits per heavy atom. The third-order valence-corrected chi connectivity index (χ3v) is 6.86. The standard InChI is InChI=1S/C21H25Cl2N3O3S/c1-14-7-9-26(10-8-14)21(27)19(13-29-15-5-3-2-4-6-15)25-30(28)16-11-17(22)20(24)18(23)12-16/h2-6,11-12,14,19,25H,7-10,13,24H2,1H3. The first kappa shape index (κ1) is 23.0. The monoisotopic (exact) mass is 469 g/mol. The Hall–Kier alpha value is -1.64. The number of hydrogen-bond donors (Lipinski definition) is 2. The van der Waals surface area contributed by atoms with Crippen LogP contribution in [0.1, 0.15) is 19.8 Å². The zero-order chi connectivity index (χ0) is 21.7. The van der Waals surface area contributed by atoms with Gasteiger partial charge in [0, 0.05) is 25.2 Å². The number of nitrogen functional groups attached to an aromatic ring is 1. The third-order valence-electron chi connectivity index (χ3n) is 5.07. The van der Waals surface area contributed by atoms with E-state index in [1.54, 1.807) is 17.0 Å². The number of hydrogen-bond acceptors (Lipinski definition) is 5. The maximum atomic E-state index is 13.2. The lowest BCUT2D eigenvalue weighted by Crippen LogP contribution is -2.53. The second kappa shape index (κ2) is 10.6. The molecule has 1 fully saturated rings. The Labute approximate surface area is 190 Å². The number of para-hydroxylation sites is 1. The molecule has 2 aromatic carbocycles. The molecule has 1 amide bonds. The Morgan fingerprint density at radius 3 is 2.47 bits per heavy atom. The van der Waals surface area contributed by atoms with Gasteiger partial charge in [0.25, 0.3) is 0 Å². The van der Waals surface area contributed by atoms with Crippen LogP contribution in [0.25, 0.3) is 0 Å². The van der Waals surface area contributed by atoms with Crippen LogP contribution in [0.3, 0.4) is 0 Å². The first-order chi connectivity index (χ1) is 14.3. The van der Waals surface area contributed by atoms with Gasteiger partial charge >= 0.3 is 0 Å². The van der Waals surface area contributed by atoms with Gasteiger partial charge in [-0.2, -0.15) is 0 Å². The van der Waals surface area contributed by atoms with E-state index in [0.29, 0.717) is 29.7 Å². The molecule has 0 aliphatic carbocycles. The molecule has 2 atom stereocenters. The van der Waals surface area contributed by atoms with Crippen LogP contribution < -0.4 is 15.2 Å². The van der Waals surface area contributed by atoms with Crippen LogP contribution in [0.2, 0.25) is 10.0 Å². The number of anilines is 1. The first-order valence-corrected chi connectivity index (χ1v) is 11.6. The van der Waals surface area contributed by atoms with Gasteiger partial charge in [0.2, 0.25) is 5.91 Å². The molecule has 2 aromatic rings. The number of nitrogens with zero attached hydrogens (tertiary/aromatic N) is 1. The molecule has 1 saturated heterocycles. The highest BCUT2D eigenvalue weighted by Gasteiger charge is 2.32. The van der Waals surface area contributed by atoms with Crippen LogP contribution in [0.15, 0.2) is 47.4 Å². The van der Waals surface area contributed by atoms with Gasteiger partial charge in [-0.25, -0.2) is 0 Å². The van der Waals surface area contributed by atoms with Crippen LogP contribution in [-0.4, -0.2) is 41.1 Å². The molecular formula is C21H25Cl2N3O3S. The zero-order valence-electron chi connectivity index (χ0n) is 16.6. The van der Waals surface area contributed by atoms with E-state index in [9.17, 15) is 9.35 Å². The molecule has 0 bridgehead atoms. The van der Waals surface area contributed by atoms with Gasteiger partial charge in [-0.05, 0) is 30.9 Å². The van der Waals surface area contributed by atoms with Crippen LogP contribution in [0.4, 0.5) is 5.69 Å². The largest absolute Gasteiger partial charge is 0.593 e. The normalized spacial score (nSPS) is 16.9. The minimum Gasteiger partial charge on any atom is -0.593 e. The number of likely N-dealkylation sites (tertiary alicyclic amines) is 1. The molecule has 0 saturated carbocycles. The van der Waals surface area contributed by atoms with E-state index >= 15 is 0 Å². The molecule has 162 valence electrons. The lowest BCUT2D eigenvalue weighted by atomic mass is 9.99. The van der Waals surface area contributed by atoms with Gasteiger partial charge in [0.05, 0.1) is 27.1 Å². The van der Waals surface area contributed by atoms with Gasteiger partial charge in [0.15, 0.2) is 10.9 Å². The average molecular weight is 470 g/mol. The van der Waals surface area contributed by atoms with Gasteiger partial charge in [-0.15, -0.1) is 4.72 Å². The summed E-state index contributed by atoms with van der Waals surface area (Å²) in [4.78, 5) is 15.3. The SMILES string of the molecule is CC1CCN(C(=O)C(COc2ccccc2)N[S+]([O-])c2cc(Cl)c(N)c(Cl)c2)CC1. The number of nitrogens with two attached hydrogens (primary N) is 1. The zero-order valence-corrected chi connectivity index (χ0v) is 19.0. The molecule has 6 nitrogen and oxygen atoms in total. The van der Waals surface area contributed by atoms with Gasteiger partial charge in [0.1, 0.15) is 12.4 Å². The fourth-order valence-corrected chi connectivity index (χ4v) is 4.80. The highest BCUT2D eigenvalue weighted by Crippen LogP contribution is 2.30. The summed E-state index contributed by atoms with van der Waals surface area (Å²) in [6, 6.07) is 11.4. The van der Waals surface area contributed by atoms with E-state index in [-0.39, 0.29) is 28.2 Å². The van der Waals surface area contributed by atoms with Crippen molar-refractivity contribution >= 4 is 46.2 Å². The molecule has 0 radical (unpaired) electrons. The van der Waals surface area contributed by atoms with Crippen LogP contribution in [0, 0.1) is 5.92 Å². The molecule has 0 aromatic heterocycles. The van der Waals surface area contributed by atoms with Crippen molar-refractivity contribution in [1.82, 2.24) is 9.62 Å². The van der Waals surface area contributed by atoms with E-state index < -0.39 is 17.4 Å². The summed E-state index contributed by atoms with van der Waals surface area (Å²) in [5.74, 6) is 1.08. The van der Waals surface area contributed by atoms with Crippen molar-refractivity contribution in [3.63, 3.8) is 0 Å². The van der Waals surface area contributed by atoms with Crippen molar-refractivity contribution < 1.29 is 14.1 Å². The van der Waals surface area contributed by atoms with Crippen molar-refractivity contribution in [3.05, 3.63) is 52.5 Å². The highest BCUT2D eigenvalue weighted by atomic mass is 35.5. The number of nitrogens with one attached hydrogen (secondary N) is 1. The van der Waals surface area contributed by atoms with Crippen molar-refractivity contribution in [2.75, 3.05) is 25.4 Å². The Kier molecular flexibility index (Phi) is 8.13. The summed E-state index contributed by atoms with van der Waals surface area (Å²) in [6.07, 6.45) is 1.90. The van der Waals surface area contributed by atoms with Gasteiger partial charge < -0.3 is 19.9 Å². The number of rotatable bonds is 7. The number of halogens is 2. The topological polar surface area (TPSA) is 90.6 Å². The maximum Gasteiger partial charge on any atom is 0.247 e. The second-order valence-corrected chi connectivity index (χ2v) is 9.43. The van der Waals surface area contributed by atoms with Crippen molar-refractivity contribution in [2.45, 2.75) is 30.7 Å². The number of carbonyl (C=O) groups excluding carboxylic acids is 1. The van der Waals surface area contributed by atoms with Gasteiger partial charge in [-0.3, -0.25) is 4.79 Å². The van der Waals surface area contributed by atoms with E-state index in [4.69, 9.17) is 33.7 Å². The van der Waals surface area contributed by atoms with Crippen molar-refractivity contribution in [2.24, 2.45) is 5.92 Å². The lowest BCUT2D eigenvalue weighted by molar-refractivity contribution is -0.135. The lowest BCUT2D eigenvalue weighted by Gasteiger charge is -2.33. The number of ether oxygens (including phenoxy) is 1. The molecule has 1 heterocycles. The second-order valence-electron chi connectivity index (χ2n) is 7.37. The minimum absolute atomic E-state index is 0.0388. The Balaban J connectivity index is 1.74. The molecular weight excluding hydrogens is 445 g/mol. The third kappa shape index (κ3) is 5.95. The molecule has 1 aliphatic heterocycles. The average Bonchev–Trinajstić information content (AvgIpc) is 2.75. The van der Waals surface area contributed by atoms with Crippen LogP contribution in [0.5, 0.6) is 5.75 Å². The fourth-order valence-electron chi connectivity index (χ4n) is 3.17. The summed E-state index contributed by atoms with van der Waals surface area (Å²) >= 11 is 10.4. The molecule has 0 spiro atoms. The molecule has 3 rings (SSSR count). The molecule has 3 N–H and O–H groups in total. The summed E-state index contributed by atoms with van der Waals surface area (Å²) in [7, 11) is 0. The Morgan fingerprint density at radius 1 is 1.27 bits per heavy atom. The highest BCUT2D eigenvalue weighted by molar-refractivity contribution is 7.89. The summed E-state index contributed by atoms with van der Waals surface area (Å²) in [5.41, 5.74) is 5.98. The van der Waals surface area contributed by atoms with Crippen molar-refractivity contribution in [3.8, 4) is 5.75 Å². The van der Waals surface area contributed by atoms with E-state index in [1.165, 1.54) is 12.1 Å². The predicted octanol–water partition coefficient (Wildman–Crippen LogP) is 3.89. The van der Waals surface area contributed by atoms with Crippen LogP contribution in [-0.2, 0) is 16.2 Å². The molecule has 1 aliphatic rings. The number of piperidine rings is 1. The predicted molar refractivity (Wildman–Crippen MR) is 121 cm³/mol. The molecule has 9 heteroatoms. The molecule has 2 unspecified atom stereocenters. The van der Waals surface area contributed by atoms with Crippen LogP contribution >= 0.6 is 23.2 Å². The number of amides is 1. The van der Waals surface area contributed by atoms with E-state index in [1.807, 2.05) is 18.2 Å². The van der Waals surface area contributed by atoms with Crippen molar-refractivity contribution in [1.29, 1.82) is 0 Å². The quantitative estimate of drug-likeness (QED) is 0.473. The maximum absolute atomic E-state index is 13.2. The smallest absolute Gasteiger partial charge is 0.247 e. The summed E-state index contributed by atoms with van der Waals surface area (Å²) in [5, 5.41) is 0.419. The number of benzene rings is 2.